The van der Waals surface area contributed by atoms with Crippen LogP contribution < -0.4 is 5.32 Å². The van der Waals surface area contributed by atoms with E-state index in [-0.39, 0.29) is 11.7 Å². The van der Waals surface area contributed by atoms with E-state index in [1.165, 1.54) is 0 Å². The number of hydrogen-bond acceptors (Lipinski definition) is 2. The molecule has 0 saturated heterocycles. The third-order valence-electron chi connectivity index (χ3n) is 4.33. The molecule has 0 saturated carbocycles. The van der Waals surface area contributed by atoms with Gasteiger partial charge in [0, 0.05) is 5.56 Å². The van der Waals surface area contributed by atoms with Crippen molar-refractivity contribution in [3.8, 4) is 11.1 Å². The van der Waals surface area contributed by atoms with Gasteiger partial charge in [0.15, 0.2) is 5.78 Å². The molecule has 1 aliphatic heterocycles. The number of hydrogen-bond donors (Lipinski definition) is 1. The fraction of sp³-hybridized carbons (Fsp3) is 0.0476. The van der Waals surface area contributed by atoms with Crippen LogP contribution in [0.2, 0.25) is 0 Å². The number of fused-ring (bicyclic) bond motifs is 1. The van der Waals surface area contributed by atoms with Crippen LogP contribution >= 0.6 is 0 Å². The minimum Gasteiger partial charge on any atom is -0.338 e. The minimum atomic E-state index is -0.628. The Labute approximate surface area is 140 Å². The Bertz CT molecular complexity index is 914. The summed E-state index contributed by atoms with van der Waals surface area (Å²) < 4.78 is 0. The maximum absolute atomic E-state index is 12.7. The Morgan fingerprint density at radius 3 is 1.92 bits per heavy atom. The van der Waals surface area contributed by atoms with Crippen LogP contribution in [0.1, 0.15) is 32.3 Å². The molecule has 3 aromatic rings. The van der Waals surface area contributed by atoms with Crippen molar-refractivity contribution in [2.75, 3.05) is 0 Å². The van der Waals surface area contributed by atoms with Crippen molar-refractivity contribution < 1.29 is 9.59 Å². The van der Waals surface area contributed by atoms with Gasteiger partial charge in [0.1, 0.15) is 6.04 Å². The van der Waals surface area contributed by atoms with Gasteiger partial charge in [-0.1, -0.05) is 72.8 Å². The summed E-state index contributed by atoms with van der Waals surface area (Å²) in [4.78, 5) is 24.9. The van der Waals surface area contributed by atoms with Crippen molar-refractivity contribution in [2.24, 2.45) is 0 Å². The summed E-state index contributed by atoms with van der Waals surface area (Å²) >= 11 is 0. The molecule has 116 valence electrons. The summed E-state index contributed by atoms with van der Waals surface area (Å²) in [5.41, 5.74) is 3.92. The fourth-order valence-corrected chi connectivity index (χ4v) is 3.06. The maximum atomic E-state index is 12.7. The second-order valence-corrected chi connectivity index (χ2v) is 5.80. The highest BCUT2D eigenvalue weighted by molar-refractivity contribution is 6.15. The van der Waals surface area contributed by atoms with Gasteiger partial charge in [-0.2, -0.15) is 0 Å². The molecule has 1 heterocycles. The topological polar surface area (TPSA) is 46.2 Å². The fourth-order valence-electron chi connectivity index (χ4n) is 3.06. The molecular weight excluding hydrogens is 298 g/mol. The predicted octanol–water partition coefficient (Wildman–Crippen LogP) is 4.02. The summed E-state index contributed by atoms with van der Waals surface area (Å²) in [5.74, 6) is -0.278. The monoisotopic (exact) mass is 313 g/mol. The summed E-state index contributed by atoms with van der Waals surface area (Å²) in [7, 11) is 0. The molecule has 0 aromatic heterocycles. The van der Waals surface area contributed by atoms with Gasteiger partial charge < -0.3 is 5.32 Å². The average molecular weight is 313 g/mol. The number of ketones is 1. The molecule has 1 N–H and O–H groups in total. The first-order valence-electron chi connectivity index (χ1n) is 7.83. The average Bonchev–Trinajstić information content (AvgIpc) is 2.66. The van der Waals surface area contributed by atoms with Crippen LogP contribution in [0.5, 0.6) is 0 Å². The molecule has 3 heteroatoms. The Kier molecular flexibility index (Phi) is 3.47. The molecule has 1 atom stereocenters. The Morgan fingerprint density at radius 1 is 0.625 bits per heavy atom. The standard InChI is InChI=1S/C21H15NO2/c23-20-17-8-4-5-9-18(17)21(24)22-19(20)16-12-10-15(11-13-16)14-6-2-1-3-7-14/h1-13,19H,(H,22,24). The lowest BCUT2D eigenvalue weighted by Crippen LogP contribution is -2.39. The summed E-state index contributed by atoms with van der Waals surface area (Å²) in [5, 5.41) is 2.81. The molecular formula is C21H15NO2. The van der Waals surface area contributed by atoms with Crippen LogP contribution in [0.4, 0.5) is 0 Å². The number of carbonyl (C=O) groups is 2. The van der Waals surface area contributed by atoms with Crippen LogP contribution in [0.25, 0.3) is 11.1 Å². The summed E-state index contributed by atoms with van der Waals surface area (Å²) in [6, 6.07) is 24.1. The highest BCUT2D eigenvalue weighted by Crippen LogP contribution is 2.28. The van der Waals surface area contributed by atoms with Crippen LogP contribution in [0, 0.1) is 0 Å². The van der Waals surface area contributed by atoms with E-state index >= 15 is 0 Å². The van der Waals surface area contributed by atoms with E-state index in [9.17, 15) is 9.59 Å². The van der Waals surface area contributed by atoms with Crippen molar-refractivity contribution >= 4 is 11.7 Å². The van der Waals surface area contributed by atoms with E-state index < -0.39 is 6.04 Å². The molecule has 3 nitrogen and oxygen atoms in total. The number of benzene rings is 3. The number of carbonyl (C=O) groups excluding carboxylic acids is 2. The van der Waals surface area contributed by atoms with Gasteiger partial charge in [0.2, 0.25) is 0 Å². The van der Waals surface area contributed by atoms with E-state index in [4.69, 9.17) is 0 Å². The number of Topliss-reactive ketones (excluding diaryl/α,β-unsaturated/α-hetero) is 1. The van der Waals surface area contributed by atoms with Gasteiger partial charge in [-0.25, -0.2) is 0 Å². The zero-order chi connectivity index (χ0) is 16.5. The molecule has 3 aromatic carbocycles. The number of rotatable bonds is 2. The molecule has 0 spiro atoms. The first-order valence-corrected chi connectivity index (χ1v) is 7.83. The van der Waals surface area contributed by atoms with Gasteiger partial charge in [-0.3, -0.25) is 9.59 Å². The normalized spacial score (nSPS) is 16.4. The highest BCUT2D eigenvalue weighted by atomic mass is 16.2. The highest BCUT2D eigenvalue weighted by Gasteiger charge is 2.32. The van der Waals surface area contributed by atoms with Crippen molar-refractivity contribution in [1.82, 2.24) is 5.32 Å². The minimum absolute atomic E-state index is 0.0716. The zero-order valence-corrected chi connectivity index (χ0v) is 12.9. The van der Waals surface area contributed by atoms with Crippen molar-refractivity contribution in [3.05, 3.63) is 95.6 Å². The molecule has 0 radical (unpaired) electrons. The smallest absolute Gasteiger partial charge is 0.252 e. The first-order chi connectivity index (χ1) is 11.7. The second kappa shape index (κ2) is 5.78. The Morgan fingerprint density at radius 2 is 1.21 bits per heavy atom. The van der Waals surface area contributed by atoms with Crippen molar-refractivity contribution in [3.63, 3.8) is 0 Å². The molecule has 1 amide bonds. The number of nitrogens with one attached hydrogen (secondary N) is 1. The van der Waals surface area contributed by atoms with E-state index in [0.717, 1.165) is 16.7 Å². The van der Waals surface area contributed by atoms with E-state index in [2.05, 4.69) is 5.32 Å². The van der Waals surface area contributed by atoms with Gasteiger partial charge in [0.05, 0.1) is 5.56 Å². The van der Waals surface area contributed by atoms with E-state index in [1.54, 1.807) is 24.3 Å². The Balaban J connectivity index is 1.68. The molecule has 1 unspecified atom stereocenters. The molecule has 0 aliphatic carbocycles. The molecule has 0 bridgehead atoms. The predicted molar refractivity (Wildman–Crippen MR) is 92.9 cm³/mol. The quantitative estimate of drug-likeness (QED) is 0.776. The SMILES string of the molecule is O=C1NC(c2ccc(-c3ccccc3)cc2)C(=O)c2ccccc21. The van der Waals surface area contributed by atoms with Gasteiger partial charge in [0.25, 0.3) is 5.91 Å². The van der Waals surface area contributed by atoms with Crippen molar-refractivity contribution in [2.45, 2.75) is 6.04 Å². The largest absolute Gasteiger partial charge is 0.338 e. The molecule has 1 aliphatic rings. The van der Waals surface area contributed by atoms with E-state index in [0.29, 0.717) is 11.1 Å². The maximum Gasteiger partial charge on any atom is 0.252 e. The van der Waals surface area contributed by atoms with Crippen LogP contribution in [-0.4, -0.2) is 11.7 Å². The third kappa shape index (κ3) is 2.40. The molecule has 4 rings (SSSR count). The lowest BCUT2D eigenvalue weighted by atomic mass is 9.89. The number of amides is 1. The van der Waals surface area contributed by atoms with Crippen molar-refractivity contribution in [1.29, 1.82) is 0 Å². The van der Waals surface area contributed by atoms with Crippen LogP contribution in [-0.2, 0) is 0 Å². The van der Waals surface area contributed by atoms with Crippen LogP contribution in [0.15, 0.2) is 78.9 Å². The van der Waals surface area contributed by atoms with E-state index in [1.807, 2.05) is 54.6 Å². The summed E-state index contributed by atoms with van der Waals surface area (Å²) in [6.07, 6.45) is 0. The summed E-state index contributed by atoms with van der Waals surface area (Å²) in [6.45, 7) is 0. The third-order valence-corrected chi connectivity index (χ3v) is 4.33. The lowest BCUT2D eigenvalue weighted by Gasteiger charge is -2.24. The lowest BCUT2D eigenvalue weighted by molar-refractivity contribution is 0.0828. The van der Waals surface area contributed by atoms with Gasteiger partial charge in [-0.05, 0) is 22.8 Å². The Hall–Kier alpha value is -3.20. The zero-order valence-electron chi connectivity index (χ0n) is 12.9. The van der Waals surface area contributed by atoms with Gasteiger partial charge >= 0.3 is 0 Å². The molecule has 24 heavy (non-hydrogen) atoms. The molecule has 0 fully saturated rings. The van der Waals surface area contributed by atoms with Crippen LogP contribution in [0.3, 0.4) is 0 Å². The second-order valence-electron chi connectivity index (χ2n) is 5.80. The first kappa shape index (κ1) is 14.4. The van der Waals surface area contributed by atoms with Gasteiger partial charge in [-0.15, -0.1) is 0 Å².